The van der Waals surface area contributed by atoms with Gasteiger partial charge in [-0.05, 0) is 50.4 Å². The van der Waals surface area contributed by atoms with Crippen LogP contribution in [-0.2, 0) is 25.7 Å². The number of anilines is 1. The van der Waals surface area contributed by atoms with Gasteiger partial charge in [0.25, 0.3) is 17.4 Å². The number of amides is 4. The van der Waals surface area contributed by atoms with Gasteiger partial charge in [0, 0.05) is 44.7 Å². The molecule has 2 aliphatic rings. The maximum Gasteiger partial charge on any atom is 0.287 e. The van der Waals surface area contributed by atoms with Crippen molar-refractivity contribution in [2.24, 2.45) is 5.92 Å². The summed E-state index contributed by atoms with van der Waals surface area (Å²) in [6, 6.07) is 3.07. The summed E-state index contributed by atoms with van der Waals surface area (Å²) in [7, 11) is 3.27. The van der Waals surface area contributed by atoms with Crippen molar-refractivity contribution in [1.82, 2.24) is 30.3 Å². The Kier molecular flexibility index (Phi) is 10.5. The van der Waals surface area contributed by atoms with E-state index in [4.69, 9.17) is 11.6 Å². The fraction of sp³-hybridized carbons (Fsp3) is 0.481. The summed E-state index contributed by atoms with van der Waals surface area (Å²) in [4.78, 5) is 80.1. The molecule has 4 N–H and O–H groups in total. The minimum Gasteiger partial charge on any atom is -0.353 e. The molecule has 226 valence electrons. The first-order valence-corrected chi connectivity index (χ1v) is 14.8. The van der Waals surface area contributed by atoms with Crippen LogP contribution in [0.1, 0.15) is 36.0 Å². The highest BCUT2D eigenvalue weighted by atomic mass is 35.5. The fourth-order valence-corrected chi connectivity index (χ4v) is 6.11. The summed E-state index contributed by atoms with van der Waals surface area (Å²) in [5, 5.41) is 11.8. The van der Waals surface area contributed by atoms with Crippen LogP contribution in [0.4, 0.5) is 5.69 Å². The van der Waals surface area contributed by atoms with Crippen molar-refractivity contribution in [3.8, 4) is 0 Å². The lowest BCUT2D eigenvalue weighted by atomic mass is 9.95. The first kappa shape index (κ1) is 31.3. The van der Waals surface area contributed by atoms with E-state index >= 15 is 0 Å². The number of carbonyl (C=O) groups excluding carboxylic acids is 5. The van der Waals surface area contributed by atoms with Gasteiger partial charge in [-0.3, -0.25) is 38.6 Å². The van der Waals surface area contributed by atoms with E-state index in [2.05, 4.69) is 31.1 Å². The molecule has 4 unspecified atom stereocenters. The number of hydrogen-bond donors (Lipinski definition) is 4. The highest BCUT2D eigenvalue weighted by Gasteiger charge is 2.35. The van der Waals surface area contributed by atoms with Gasteiger partial charge in [-0.15, -0.1) is 11.3 Å². The lowest BCUT2D eigenvalue weighted by Crippen LogP contribution is -2.65. The Morgan fingerprint density at radius 3 is 2.69 bits per heavy atom. The van der Waals surface area contributed by atoms with Gasteiger partial charge in [0.2, 0.25) is 17.6 Å². The lowest BCUT2D eigenvalue weighted by Gasteiger charge is -2.48. The minimum atomic E-state index is -1.25. The van der Waals surface area contributed by atoms with Gasteiger partial charge in [-0.25, -0.2) is 0 Å². The molecule has 4 rings (SSSR count). The lowest BCUT2D eigenvalue weighted by molar-refractivity contribution is -0.137. The molecule has 2 fully saturated rings. The number of pyridine rings is 1. The van der Waals surface area contributed by atoms with Crippen molar-refractivity contribution >= 4 is 58.0 Å². The molecule has 0 radical (unpaired) electrons. The summed E-state index contributed by atoms with van der Waals surface area (Å²) in [5.41, 5.74) is -0.510. The highest BCUT2D eigenvalue weighted by molar-refractivity contribution is 7.14. The second-order valence-electron chi connectivity index (χ2n) is 10.4. The maximum absolute atomic E-state index is 13.2. The quantitative estimate of drug-likeness (QED) is 0.264. The second-order valence-corrected chi connectivity index (χ2v) is 12.0. The van der Waals surface area contributed by atoms with Crippen LogP contribution in [0.5, 0.6) is 0 Å². The van der Waals surface area contributed by atoms with E-state index < -0.39 is 35.1 Å². The molecule has 2 bridgehead atoms. The van der Waals surface area contributed by atoms with Gasteiger partial charge in [0.15, 0.2) is 0 Å². The number of nitrogens with zero attached hydrogens (tertiary/aromatic N) is 3. The number of carbonyl (C=O) groups is 5. The minimum absolute atomic E-state index is 0.112. The third-order valence-corrected chi connectivity index (χ3v) is 8.43. The van der Waals surface area contributed by atoms with Gasteiger partial charge < -0.3 is 25.8 Å². The molecule has 42 heavy (non-hydrogen) atoms. The Hall–Kier alpha value is -3.59. The number of ketones is 1. The molecule has 4 amide bonds. The molecule has 4 atom stereocenters. The molecule has 15 heteroatoms. The van der Waals surface area contributed by atoms with Crippen molar-refractivity contribution in [1.29, 1.82) is 0 Å². The molecule has 0 aliphatic carbocycles. The summed E-state index contributed by atoms with van der Waals surface area (Å²) in [6.45, 7) is 2.43. The van der Waals surface area contributed by atoms with Crippen LogP contribution >= 0.6 is 22.9 Å². The zero-order valence-electron chi connectivity index (χ0n) is 23.4. The number of piperidine rings is 1. The molecule has 2 aliphatic heterocycles. The molecule has 2 aromatic heterocycles. The number of Topliss-reactive ketones (excluding diaryl/α,β-unsaturated/α-hetero) is 1. The largest absolute Gasteiger partial charge is 0.353 e. The number of thiophene rings is 1. The zero-order chi connectivity index (χ0) is 30.4. The fourth-order valence-electron chi connectivity index (χ4n) is 5.24. The smallest absolute Gasteiger partial charge is 0.287 e. The van der Waals surface area contributed by atoms with Crippen LogP contribution in [0.15, 0.2) is 34.6 Å². The average molecular weight is 620 g/mol. The van der Waals surface area contributed by atoms with Crippen LogP contribution < -0.4 is 26.8 Å². The zero-order valence-corrected chi connectivity index (χ0v) is 24.9. The van der Waals surface area contributed by atoms with Crippen molar-refractivity contribution in [3.05, 3.63) is 50.0 Å². The van der Waals surface area contributed by atoms with Crippen LogP contribution in [0.3, 0.4) is 0 Å². The van der Waals surface area contributed by atoms with Crippen LogP contribution in [0.2, 0.25) is 4.34 Å². The van der Waals surface area contributed by atoms with Gasteiger partial charge in [-0.1, -0.05) is 11.6 Å². The second kappa shape index (κ2) is 14.1. The average Bonchev–Trinajstić information content (AvgIpc) is 3.41. The van der Waals surface area contributed by atoms with Crippen molar-refractivity contribution in [2.45, 2.75) is 44.6 Å². The van der Waals surface area contributed by atoms with E-state index in [1.165, 1.54) is 47.8 Å². The number of aromatic nitrogens is 1. The molecule has 0 aromatic carbocycles. The van der Waals surface area contributed by atoms with Crippen LogP contribution in [0, 0.1) is 5.92 Å². The first-order chi connectivity index (χ1) is 20.0. The Balaban J connectivity index is 1.43. The van der Waals surface area contributed by atoms with E-state index in [-0.39, 0.29) is 42.8 Å². The summed E-state index contributed by atoms with van der Waals surface area (Å²) < 4.78 is 1.56. The molecule has 0 spiro atoms. The maximum atomic E-state index is 13.2. The molecule has 4 heterocycles. The number of nitrogens with one attached hydrogen (secondary N) is 4. The first-order valence-electron chi connectivity index (χ1n) is 13.6. The normalized spacial score (nSPS) is 20.7. The van der Waals surface area contributed by atoms with Crippen molar-refractivity contribution in [2.75, 3.05) is 39.0 Å². The van der Waals surface area contributed by atoms with Crippen LogP contribution in [0.25, 0.3) is 0 Å². The van der Waals surface area contributed by atoms with E-state index in [0.717, 1.165) is 37.4 Å². The third-order valence-electron chi connectivity index (χ3n) is 7.33. The molecule has 2 saturated heterocycles. The molecule has 2 aromatic rings. The predicted octanol–water partition coefficient (Wildman–Crippen LogP) is 0.453. The van der Waals surface area contributed by atoms with E-state index in [1.54, 1.807) is 0 Å². The number of rotatable bonds is 11. The van der Waals surface area contributed by atoms with E-state index in [1.807, 2.05) is 7.05 Å². The Labute approximate surface area is 251 Å². The van der Waals surface area contributed by atoms with Gasteiger partial charge in [-0.2, -0.15) is 0 Å². The number of halogens is 1. The predicted molar refractivity (Wildman–Crippen MR) is 157 cm³/mol. The van der Waals surface area contributed by atoms with Crippen molar-refractivity contribution in [3.63, 3.8) is 0 Å². The number of fused-ring (bicyclic) bond motifs is 2. The monoisotopic (exact) mass is 619 g/mol. The standard InChI is InChI=1S/C27H34ClN7O6S/c1-29-25(40)20(36)8-7-18(30-23(38)17-11-21(28)42-15-17)24(39)31-19-6-4-9-34(26(19)41)14-22(37)32-27-33(2)12-16-5-3-10-35(27)13-16/h4,6,9,11,15-16,18,27H,3,5,7-8,10,12-14H2,1-2H3,(H,29,40)(H,30,38)(H,31,39)(H,32,37). The highest BCUT2D eigenvalue weighted by Crippen LogP contribution is 2.25. The third kappa shape index (κ3) is 7.82. The Morgan fingerprint density at radius 1 is 1.19 bits per heavy atom. The SMILES string of the molecule is CNC(=O)C(=O)CCC(NC(=O)c1csc(Cl)c1)C(=O)Nc1cccn(CC(=O)NC2N(C)CC3CCCN2C3)c1=O. The number of hydrogen-bond acceptors (Lipinski definition) is 9. The Bertz CT molecular complexity index is 1410. The molecule has 13 nitrogen and oxygen atoms in total. The van der Waals surface area contributed by atoms with Gasteiger partial charge >= 0.3 is 0 Å². The number of likely N-dealkylation sites (N-methyl/N-ethyl adjacent to an activating group) is 1. The summed E-state index contributed by atoms with van der Waals surface area (Å²) >= 11 is 7.05. The summed E-state index contributed by atoms with van der Waals surface area (Å²) in [6.07, 6.45) is 2.92. The molecular formula is C27H34ClN7O6S. The summed E-state index contributed by atoms with van der Waals surface area (Å²) in [5.74, 6) is -2.74. The van der Waals surface area contributed by atoms with Crippen molar-refractivity contribution < 1.29 is 24.0 Å². The molecule has 0 saturated carbocycles. The van der Waals surface area contributed by atoms with Gasteiger partial charge in [0.1, 0.15) is 24.6 Å². The topological polar surface area (TPSA) is 162 Å². The van der Waals surface area contributed by atoms with E-state index in [0.29, 0.717) is 10.3 Å². The van der Waals surface area contributed by atoms with Crippen LogP contribution in [-0.4, -0.2) is 89.8 Å². The van der Waals surface area contributed by atoms with E-state index in [9.17, 15) is 28.8 Å². The molecular weight excluding hydrogens is 586 g/mol. The Morgan fingerprint density at radius 2 is 1.98 bits per heavy atom. The van der Waals surface area contributed by atoms with Gasteiger partial charge in [0.05, 0.1) is 9.90 Å².